The van der Waals surface area contributed by atoms with Gasteiger partial charge in [-0.1, -0.05) is 6.07 Å². The molecule has 1 spiro atoms. The molecular formula is C23H29N5O4. The second kappa shape index (κ2) is 8.06. The summed E-state index contributed by atoms with van der Waals surface area (Å²) in [5, 5.41) is 2.23. The van der Waals surface area contributed by atoms with Crippen molar-refractivity contribution in [3.8, 4) is 0 Å². The highest BCUT2D eigenvalue weighted by molar-refractivity contribution is 6.23. The Balaban J connectivity index is 1.31. The highest BCUT2D eigenvalue weighted by Gasteiger charge is 2.46. The van der Waals surface area contributed by atoms with Gasteiger partial charge in [0.1, 0.15) is 6.04 Å². The summed E-state index contributed by atoms with van der Waals surface area (Å²) >= 11 is 0. The summed E-state index contributed by atoms with van der Waals surface area (Å²) in [5.74, 6) is -1.88. The maximum atomic E-state index is 13.1. The first-order valence-electron chi connectivity index (χ1n) is 11.4. The maximum Gasteiger partial charge on any atom is 0.262 e. The zero-order valence-corrected chi connectivity index (χ0v) is 18.1. The van der Waals surface area contributed by atoms with E-state index in [1.165, 1.54) is 19.3 Å². The van der Waals surface area contributed by atoms with Crippen molar-refractivity contribution in [3.05, 3.63) is 34.9 Å². The van der Waals surface area contributed by atoms with Gasteiger partial charge in [0.05, 0.1) is 11.1 Å². The second-order valence-corrected chi connectivity index (χ2v) is 9.39. The van der Waals surface area contributed by atoms with Gasteiger partial charge >= 0.3 is 0 Å². The molecule has 5 rings (SSSR count). The topological polar surface area (TPSA) is 116 Å². The van der Waals surface area contributed by atoms with Crippen molar-refractivity contribution in [1.82, 2.24) is 20.0 Å². The van der Waals surface area contributed by atoms with Crippen LogP contribution in [0, 0.1) is 0 Å². The van der Waals surface area contributed by atoms with E-state index in [0.717, 1.165) is 36.6 Å². The molecule has 1 aromatic carbocycles. The second-order valence-electron chi connectivity index (χ2n) is 9.39. The summed E-state index contributed by atoms with van der Waals surface area (Å²) < 4.78 is 0. The van der Waals surface area contributed by atoms with Crippen LogP contribution in [-0.4, -0.2) is 82.6 Å². The van der Waals surface area contributed by atoms with Gasteiger partial charge in [0.25, 0.3) is 11.8 Å². The molecule has 170 valence electrons. The average Bonchev–Trinajstić information content (AvgIpc) is 2.98. The van der Waals surface area contributed by atoms with Crippen LogP contribution in [0.15, 0.2) is 18.2 Å². The first-order chi connectivity index (χ1) is 15.4. The molecule has 9 nitrogen and oxygen atoms in total. The van der Waals surface area contributed by atoms with Crippen molar-refractivity contribution in [2.45, 2.75) is 50.2 Å². The van der Waals surface area contributed by atoms with E-state index in [0.29, 0.717) is 24.2 Å². The van der Waals surface area contributed by atoms with E-state index in [1.807, 2.05) is 6.07 Å². The third kappa shape index (κ3) is 3.44. The highest BCUT2D eigenvalue weighted by Crippen LogP contribution is 2.40. The van der Waals surface area contributed by atoms with Crippen LogP contribution in [-0.2, 0) is 16.1 Å². The summed E-state index contributed by atoms with van der Waals surface area (Å²) in [6.45, 7) is 5.23. The predicted molar refractivity (Wildman–Crippen MR) is 116 cm³/mol. The van der Waals surface area contributed by atoms with Gasteiger partial charge < -0.3 is 5.73 Å². The van der Waals surface area contributed by atoms with Crippen molar-refractivity contribution in [3.63, 3.8) is 0 Å². The molecular weight excluding hydrogens is 410 g/mol. The zero-order chi connectivity index (χ0) is 22.5. The Bertz CT molecular complexity index is 989. The largest absolute Gasteiger partial charge is 0.329 e. The number of benzene rings is 1. The monoisotopic (exact) mass is 439 g/mol. The summed E-state index contributed by atoms with van der Waals surface area (Å²) in [4.78, 5) is 55.6. The number of nitrogens with one attached hydrogen (secondary N) is 1. The van der Waals surface area contributed by atoms with Crippen molar-refractivity contribution in [2.75, 3.05) is 32.7 Å². The van der Waals surface area contributed by atoms with Crippen LogP contribution in [0.5, 0.6) is 0 Å². The first kappa shape index (κ1) is 21.2. The van der Waals surface area contributed by atoms with Crippen LogP contribution in [0.3, 0.4) is 0 Å². The number of fused-ring (bicyclic) bond motifs is 1. The summed E-state index contributed by atoms with van der Waals surface area (Å²) in [6.07, 6.45) is 3.93. The van der Waals surface area contributed by atoms with Gasteiger partial charge in [0.2, 0.25) is 11.8 Å². The molecule has 1 saturated carbocycles. The maximum absolute atomic E-state index is 13.1. The number of hydrogen-bond acceptors (Lipinski definition) is 7. The number of nitrogens with zero attached hydrogens (tertiary/aromatic N) is 3. The number of hydrogen-bond donors (Lipinski definition) is 2. The van der Waals surface area contributed by atoms with Crippen molar-refractivity contribution < 1.29 is 19.2 Å². The van der Waals surface area contributed by atoms with Gasteiger partial charge in [-0.05, 0) is 43.4 Å². The number of amides is 4. The van der Waals surface area contributed by atoms with E-state index in [1.54, 1.807) is 12.1 Å². The molecule has 3 N–H and O–H groups in total. The number of carbonyl (C=O) groups is 4. The SMILES string of the molecule is NCCN1CCN(Cc2ccc3c(c2)C(=O)N(C2CCC(=O)NC2=O)C3=O)CC12CCC2. The molecule has 1 aromatic rings. The fourth-order valence-corrected chi connectivity index (χ4v) is 5.67. The standard InChI is InChI=1S/C23H29N5O4/c24-8-9-27-11-10-26(14-23(27)6-1-7-23)13-15-2-3-16-17(12-15)22(32)28(21(16)31)18-4-5-19(29)25-20(18)30/h2-3,12,18H,1,4-11,13-14,24H2,(H,25,29,30). The third-order valence-electron chi connectivity index (χ3n) is 7.47. The van der Waals surface area contributed by atoms with E-state index in [4.69, 9.17) is 5.73 Å². The molecule has 4 aliphatic rings. The smallest absolute Gasteiger partial charge is 0.262 e. The van der Waals surface area contributed by atoms with Crippen molar-refractivity contribution >= 4 is 23.6 Å². The normalized spacial score (nSPS) is 25.8. The fraction of sp³-hybridized carbons (Fsp3) is 0.565. The molecule has 0 aromatic heterocycles. The van der Waals surface area contributed by atoms with Crippen LogP contribution >= 0.6 is 0 Å². The lowest BCUT2D eigenvalue weighted by atomic mass is 9.73. The molecule has 3 heterocycles. The Morgan fingerprint density at radius 1 is 1.06 bits per heavy atom. The van der Waals surface area contributed by atoms with Crippen LogP contribution in [0.2, 0.25) is 0 Å². The van der Waals surface area contributed by atoms with Gasteiger partial charge in [-0.2, -0.15) is 0 Å². The van der Waals surface area contributed by atoms with Gasteiger partial charge in [0, 0.05) is 51.2 Å². The van der Waals surface area contributed by atoms with E-state index in [2.05, 4.69) is 15.1 Å². The lowest BCUT2D eigenvalue weighted by molar-refractivity contribution is -0.136. The summed E-state index contributed by atoms with van der Waals surface area (Å²) in [6, 6.07) is 4.46. The van der Waals surface area contributed by atoms with Gasteiger partial charge in [0.15, 0.2) is 0 Å². The van der Waals surface area contributed by atoms with Gasteiger partial charge in [-0.15, -0.1) is 0 Å². The van der Waals surface area contributed by atoms with Crippen LogP contribution in [0.1, 0.15) is 58.4 Å². The van der Waals surface area contributed by atoms with Crippen LogP contribution in [0.25, 0.3) is 0 Å². The Morgan fingerprint density at radius 3 is 2.53 bits per heavy atom. The average molecular weight is 440 g/mol. The van der Waals surface area contributed by atoms with E-state index in [-0.39, 0.29) is 24.3 Å². The summed E-state index contributed by atoms with van der Waals surface area (Å²) in [7, 11) is 0. The van der Waals surface area contributed by atoms with Crippen molar-refractivity contribution in [2.24, 2.45) is 5.73 Å². The van der Waals surface area contributed by atoms with E-state index >= 15 is 0 Å². The molecule has 1 unspecified atom stereocenters. The molecule has 4 amide bonds. The molecule has 9 heteroatoms. The minimum atomic E-state index is -0.933. The van der Waals surface area contributed by atoms with Crippen LogP contribution in [0.4, 0.5) is 0 Å². The highest BCUT2D eigenvalue weighted by atomic mass is 16.2. The van der Waals surface area contributed by atoms with Gasteiger partial charge in [-0.25, -0.2) is 0 Å². The van der Waals surface area contributed by atoms with E-state index < -0.39 is 23.8 Å². The Kier molecular flexibility index (Phi) is 5.35. The quantitative estimate of drug-likeness (QED) is 0.625. The molecule has 3 fully saturated rings. The Labute approximate surface area is 186 Å². The molecule has 32 heavy (non-hydrogen) atoms. The number of imide groups is 2. The molecule has 1 aliphatic carbocycles. The lowest BCUT2D eigenvalue weighted by Crippen LogP contribution is -2.65. The Hall–Kier alpha value is -2.62. The molecule has 2 saturated heterocycles. The Morgan fingerprint density at radius 2 is 1.84 bits per heavy atom. The zero-order valence-electron chi connectivity index (χ0n) is 18.1. The minimum absolute atomic E-state index is 0.118. The third-order valence-corrected chi connectivity index (χ3v) is 7.47. The fourth-order valence-electron chi connectivity index (χ4n) is 5.67. The molecule has 0 radical (unpaired) electrons. The van der Waals surface area contributed by atoms with Crippen molar-refractivity contribution in [1.29, 1.82) is 0 Å². The molecule has 0 bridgehead atoms. The van der Waals surface area contributed by atoms with Crippen LogP contribution < -0.4 is 11.1 Å². The van der Waals surface area contributed by atoms with E-state index in [9.17, 15) is 19.2 Å². The molecule has 3 aliphatic heterocycles. The number of nitrogens with two attached hydrogens (primary N) is 1. The number of piperidine rings is 1. The summed E-state index contributed by atoms with van der Waals surface area (Å²) in [5.41, 5.74) is 7.69. The number of piperazine rings is 1. The predicted octanol–water partition coefficient (Wildman–Crippen LogP) is 0.0868. The minimum Gasteiger partial charge on any atom is -0.329 e. The molecule has 1 atom stereocenters. The first-order valence-corrected chi connectivity index (χ1v) is 11.4. The van der Waals surface area contributed by atoms with Gasteiger partial charge in [-0.3, -0.25) is 39.2 Å². The lowest BCUT2D eigenvalue weighted by Gasteiger charge is -2.56. The number of carbonyl (C=O) groups excluding carboxylic acids is 4. The number of rotatable bonds is 5.